The first kappa shape index (κ1) is 13.3. The van der Waals surface area contributed by atoms with E-state index in [1.807, 2.05) is 12.1 Å². The Bertz CT molecular complexity index is 612. The summed E-state index contributed by atoms with van der Waals surface area (Å²) in [6.45, 7) is 1.95. The number of hydrogen-bond acceptors (Lipinski definition) is 3. The average Bonchev–Trinajstić information content (AvgIpc) is 2.96. The number of pyridine rings is 1. The van der Waals surface area contributed by atoms with E-state index < -0.39 is 5.82 Å². The summed E-state index contributed by atoms with van der Waals surface area (Å²) in [5.74, 6) is 0.401. The van der Waals surface area contributed by atoms with Crippen LogP contribution in [0.4, 0.5) is 10.2 Å². The van der Waals surface area contributed by atoms with Crippen LogP contribution in [-0.2, 0) is 0 Å². The molecule has 0 radical (unpaired) electrons. The van der Waals surface area contributed by atoms with Crippen LogP contribution in [0, 0.1) is 5.82 Å². The number of rotatable bonds is 3. The number of halogens is 2. The van der Waals surface area contributed by atoms with E-state index in [0.29, 0.717) is 6.04 Å². The molecule has 20 heavy (non-hydrogen) atoms. The lowest BCUT2D eigenvalue weighted by Gasteiger charge is -2.15. The molecule has 0 spiro atoms. The van der Waals surface area contributed by atoms with Gasteiger partial charge in [-0.2, -0.15) is 0 Å². The summed E-state index contributed by atoms with van der Waals surface area (Å²) >= 11 is 5.86. The molecule has 1 unspecified atom stereocenters. The predicted octanol–water partition coefficient (Wildman–Crippen LogP) is 3.31. The van der Waals surface area contributed by atoms with E-state index in [0.717, 1.165) is 36.5 Å². The lowest BCUT2D eigenvalue weighted by atomic mass is 10.1. The molecule has 1 aromatic heterocycles. The summed E-state index contributed by atoms with van der Waals surface area (Å²) in [5, 5.41) is 6.86. The molecule has 1 aliphatic rings. The van der Waals surface area contributed by atoms with Crippen molar-refractivity contribution in [3.05, 3.63) is 47.4 Å². The quantitative estimate of drug-likeness (QED) is 0.911. The van der Waals surface area contributed by atoms with Crippen molar-refractivity contribution in [3.63, 3.8) is 0 Å². The molecule has 1 aromatic carbocycles. The van der Waals surface area contributed by atoms with Gasteiger partial charge in [-0.3, -0.25) is 0 Å². The highest BCUT2D eigenvalue weighted by Crippen LogP contribution is 2.29. The van der Waals surface area contributed by atoms with Crippen molar-refractivity contribution in [2.75, 3.05) is 18.4 Å². The third-order valence-electron chi connectivity index (χ3n) is 3.44. The van der Waals surface area contributed by atoms with Crippen molar-refractivity contribution in [2.45, 2.75) is 12.5 Å². The maximum absolute atomic E-state index is 13.3. The van der Waals surface area contributed by atoms with Crippen LogP contribution in [0.3, 0.4) is 0 Å². The normalized spacial score (nSPS) is 18.2. The van der Waals surface area contributed by atoms with E-state index in [9.17, 15) is 4.39 Å². The highest BCUT2D eigenvalue weighted by molar-refractivity contribution is 6.31. The summed E-state index contributed by atoms with van der Waals surface area (Å²) in [6.07, 6.45) is 2.82. The molecule has 104 valence electrons. The Morgan fingerprint density at radius 3 is 3.00 bits per heavy atom. The van der Waals surface area contributed by atoms with Gasteiger partial charge >= 0.3 is 0 Å². The highest BCUT2D eigenvalue weighted by Gasteiger charge is 2.16. The van der Waals surface area contributed by atoms with Crippen LogP contribution in [0.2, 0.25) is 5.02 Å². The molecule has 1 aliphatic heterocycles. The van der Waals surface area contributed by atoms with Gasteiger partial charge in [0.25, 0.3) is 0 Å². The number of nitrogens with one attached hydrogen (secondary N) is 2. The van der Waals surface area contributed by atoms with Gasteiger partial charge < -0.3 is 10.6 Å². The summed E-state index contributed by atoms with van der Waals surface area (Å²) in [4.78, 5) is 4.39. The zero-order valence-corrected chi connectivity index (χ0v) is 11.6. The van der Waals surface area contributed by atoms with Gasteiger partial charge in [-0.25, -0.2) is 9.37 Å². The van der Waals surface area contributed by atoms with Crippen LogP contribution in [0.5, 0.6) is 0 Å². The molecule has 3 rings (SSSR count). The van der Waals surface area contributed by atoms with Crippen LogP contribution in [0.1, 0.15) is 6.42 Å². The average molecular weight is 292 g/mol. The number of hydrogen-bond donors (Lipinski definition) is 2. The molecule has 1 fully saturated rings. The lowest BCUT2D eigenvalue weighted by Crippen LogP contribution is -2.23. The third-order valence-corrected chi connectivity index (χ3v) is 3.73. The summed E-state index contributed by atoms with van der Waals surface area (Å²) in [5.41, 5.74) is 1.79. The minimum atomic E-state index is -0.409. The second-order valence-electron chi connectivity index (χ2n) is 4.86. The van der Waals surface area contributed by atoms with Gasteiger partial charge in [0.15, 0.2) is 0 Å². The van der Waals surface area contributed by atoms with Crippen molar-refractivity contribution < 1.29 is 4.39 Å². The fourth-order valence-corrected chi connectivity index (χ4v) is 2.57. The maximum atomic E-state index is 13.3. The number of aromatic nitrogens is 1. The molecule has 0 amide bonds. The molecule has 2 N–H and O–H groups in total. The molecule has 2 aromatic rings. The minimum absolute atomic E-state index is 0.125. The molecule has 3 nitrogen and oxygen atoms in total. The molecule has 1 saturated heterocycles. The van der Waals surface area contributed by atoms with Gasteiger partial charge in [-0.05, 0) is 42.8 Å². The van der Waals surface area contributed by atoms with Crippen LogP contribution in [0.25, 0.3) is 11.1 Å². The van der Waals surface area contributed by atoms with Crippen LogP contribution in [0.15, 0.2) is 36.5 Å². The predicted molar refractivity (Wildman–Crippen MR) is 79.5 cm³/mol. The summed E-state index contributed by atoms with van der Waals surface area (Å²) in [6, 6.07) is 8.93. The first-order chi connectivity index (χ1) is 9.74. The van der Waals surface area contributed by atoms with E-state index >= 15 is 0 Å². The van der Waals surface area contributed by atoms with Gasteiger partial charge in [0.1, 0.15) is 11.6 Å². The van der Waals surface area contributed by atoms with Crippen LogP contribution >= 0.6 is 11.6 Å². The Kier molecular flexibility index (Phi) is 3.85. The monoisotopic (exact) mass is 291 g/mol. The first-order valence-corrected chi connectivity index (χ1v) is 6.99. The van der Waals surface area contributed by atoms with Gasteiger partial charge in [0.2, 0.25) is 0 Å². The zero-order chi connectivity index (χ0) is 13.9. The van der Waals surface area contributed by atoms with Gasteiger partial charge in [-0.1, -0.05) is 17.7 Å². The molecule has 5 heteroatoms. The lowest BCUT2D eigenvalue weighted by molar-refractivity contribution is 0.628. The fourth-order valence-electron chi connectivity index (χ4n) is 2.39. The molecular formula is C15H15ClFN3. The van der Waals surface area contributed by atoms with Gasteiger partial charge in [0, 0.05) is 24.3 Å². The van der Waals surface area contributed by atoms with Crippen molar-refractivity contribution in [3.8, 4) is 11.1 Å². The Morgan fingerprint density at radius 1 is 1.35 bits per heavy atom. The summed E-state index contributed by atoms with van der Waals surface area (Å²) in [7, 11) is 0. The molecule has 0 aliphatic carbocycles. The maximum Gasteiger partial charge on any atom is 0.141 e. The second kappa shape index (κ2) is 5.77. The topological polar surface area (TPSA) is 37.0 Å². The van der Waals surface area contributed by atoms with E-state index in [-0.39, 0.29) is 5.02 Å². The van der Waals surface area contributed by atoms with Crippen LogP contribution in [-0.4, -0.2) is 24.1 Å². The fraction of sp³-hybridized carbons (Fsp3) is 0.267. The molecular weight excluding hydrogens is 277 g/mol. The second-order valence-corrected chi connectivity index (χ2v) is 5.27. The number of benzene rings is 1. The van der Waals surface area contributed by atoms with Crippen molar-refractivity contribution in [1.29, 1.82) is 0 Å². The van der Waals surface area contributed by atoms with E-state index in [1.165, 1.54) is 6.07 Å². The van der Waals surface area contributed by atoms with Crippen LogP contribution < -0.4 is 10.6 Å². The first-order valence-electron chi connectivity index (χ1n) is 6.62. The third kappa shape index (κ3) is 2.76. The Hall–Kier alpha value is -1.65. The smallest absolute Gasteiger partial charge is 0.141 e. The largest absolute Gasteiger partial charge is 0.365 e. The number of nitrogens with zero attached hydrogens (tertiary/aromatic N) is 1. The molecule has 0 bridgehead atoms. The molecule has 1 atom stereocenters. The Balaban J connectivity index is 1.93. The Morgan fingerprint density at radius 2 is 2.25 bits per heavy atom. The highest BCUT2D eigenvalue weighted by atomic mass is 35.5. The SMILES string of the molecule is Fc1ccc(-c2cccnc2NC2CCNC2)cc1Cl. The van der Waals surface area contributed by atoms with Gasteiger partial charge in [0.05, 0.1) is 5.02 Å². The van der Waals surface area contributed by atoms with Crippen molar-refractivity contribution in [2.24, 2.45) is 0 Å². The van der Waals surface area contributed by atoms with Crippen molar-refractivity contribution >= 4 is 17.4 Å². The molecule has 2 heterocycles. The number of anilines is 1. The van der Waals surface area contributed by atoms with E-state index in [4.69, 9.17) is 11.6 Å². The standard InChI is InChI=1S/C15H15ClFN3/c16-13-8-10(3-4-14(13)17)12-2-1-6-19-15(12)20-11-5-7-18-9-11/h1-4,6,8,11,18H,5,7,9H2,(H,19,20). The van der Waals surface area contributed by atoms with Gasteiger partial charge in [-0.15, -0.1) is 0 Å². The Labute approximate surface area is 122 Å². The summed E-state index contributed by atoms with van der Waals surface area (Å²) < 4.78 is 13.3. The minimum Gasteiger partial charge on any atom is -0.365 e. The van der Waals surface area contributed by atoms with E-state index in [2.05, 4.69) is 15.6 Å². The zero-order valence-electron chi connectivity index (χ0n) is 10.9. The molecule has 0 saturated carbocycles. The van der Waals surface area contributed by atoms with E-state index in [1.54, 1.807) is 18.3 Å². The van der Waals surface area contributed by atoms with Crippen molar-refractivity contribution in [1.82, 2.24) is 10.3 Å².